The van der Waals surface area contributed by atoms with Crippen molar-refractivity contribution < 1.29 is 19.1 Å². The lowest BCUT2D eigenvalue weighted by Gasteiger charge is -2.10. The fraction of sp³-hybridized carbons (Fsp3) is 0.176. The van der Waals surface area contributed by atoms with E-state index in [9.17, 15) is 9.59 Å². The Morgan fingerprint density at radius 3 is 2.26 bits per heavy atom. The van der Waals surface area contributed by atoms with Crippen molar-refractivity contribution in [1.29, 1.82) is 0 Å². The van der Waals surface area contributed by atoms with E-state index in [0.717, 1.165) is 6.42 Å². The largest absolute Gasteiger partial charge is 0.490 e. The highest BCUT2D eigenvalue weighted by molar-refractivity contribution is 6.05. The third kappa shape index (κ3) is 3.42. The molecule has 2 aromatic carbocycles. The van der Waals surface area contributed by atoms with Crippen LogP contribution in [0.3, 0.4) is 0 Å². The number of benzene rings is 2. The van der Waals surface area contributed by atoms with Gasteiger partial charge in [-0.3, -0.25) is 9.59 Å². The van der Waals surface area contributed by atoms with Gasteiger partial charge in [0.1, 0.15) is 0 Å². The van der Waals surface area contributed by atoms with Crippen molar-refractivity contribution in [3.63, 3.8) is 0 Å². The van der Waals surface area contributed by atoms with Crippen LogP contribution in [0.15, 0.2) is 42.5 Å². The van der Waals surface area contributed by atoms with Crippen LogP contribution in [-0.2, 0) is 0 Å². The first-order valence-electron chi connectivity index (χ1n) is 7.24. The molecule has 2 amide bonds. The number of hydrogen-bond acceptors (Lipinski definition) is 4. The number of hydrogen-bond donors (Lipinski definition) is 2. The molecule has 1 aliphatic rings. The topological polar surface area (TPSA) is 90.7 Å². The van der Waals surface area contributed by atoms with E-state index in [0.29, 0.717) is 41.5 Å². The Morgan fingerprint density at radius 2 is 1.57 bits per heavy atom. The third-order valence-corrected chi connectivity index (χ3v) is 3.44. The fourth-order valence-electron chi connectivity index (χ4n) is 2.23. The summed E-state index contributed by atoms with van der Waals surface area (Å²) in [4.78, 5) is 23.3. The van der Waals surface area contributed by atoms with Crippen LogP contribution >= 0.6 is 0 Å². The second-order valence-corrected chi connectivity index (χ2v) is 5.11. The first-order chi connectivity index (χ1) is 11.1. The van der Waals surface area contributed by atoms with Gasteiger partial charge < -0.3 is 20.5 Å². The summed E-state index contributed by atoms with van der Waals surface area (Å²) < 4.78 is 11.1. The maximum atomic E-state index is 12.3. The van der Waals surface area contributed by atoms with Crippen molar-refractivity contribution in [2.75, 3.05) is 18.5 Å². The minimum atomic E-state index is -0.509. The van der Waals surface area contributed by atoms with Gasteiger partial charge in [-0.2, -0.15) is 0 Å². The minimum Gasteiger partial charge on any atom is -0.490 e. The Bertz CT molecular complexity index is 741. The Kier molecular flexibility index (Phi) is 4.14. The molecular formula is C17H16N2O4. The number of primary amides is 1. The molecule has 0 radical (unpaired) electrons. The molecule has 1 aliphatic heterocycles. The number of amides is 2. The lowest BCUT2D eigenvalue weighted by Crippen LogP contribution is -2.13. The number of rotatable bonds is 3. The molecule has 3 rings (SSSR count). The second kappa shape index (κ2) is 6.39. The van der Waals surface area contributed by atoms with E-state index >= 15 is 0 Å². The third-order valence-electron chi connectivity index (χ3n) is 3.44. The maximum Gasteiger partial charge on any atom is 0.255 e. The first-order valence-corrected chi connectivity index (χ1v) is 7.24. The van der Waals surface area contributed by atoms with Gasteiger partial charge in [-0.15, -0.1) is 0 Å². The van der Waals surface area contributed by atoms with Crippen molar-refractivity contribution in [2.45, 2.75) is 6.42 Å². The summed E-state index contributed by atoms with van der Waals surface area (Å²) in [7, 11) is 0. The van der Waals surface area contributed by atoms with Gasteiger partial charge >= 0.3 is 0 Å². The van der Waals surface area contributed by atoms with E-state index in [4.69, 9.17) is 15.2 Å². The van der Waals surface area contributed by atoms with Crippen LogP contribution < -0.4 is 20.5 Å². The fourth-order valence-corrected chi connectivity index (χ4v) is 2.23. The quantitative estimate of drug-likeness (QED) is 0.909. The second-order valence-electron chi connectivity index (χ2n) is 5.11. The highest BCUT2D eigenvalue weighted by Crippen LogP contribution is 2.30. The molecule has 1 heterocycles. The molecule has 118 valence electrons. The molecule has 6 nitrogen and oxygen atoms in total. The summed E-state index contributed by atoms with van der Waals surface area (Å²) in [6.07, 6.45) is 0.808. The number of ether oxygens (including phenoxy) is 2. The predicted molar refractivity (Wildman–Crippen MR) is 85.0 cm³/mol. The molecule has 0 saturated heterocycles. The molecule has 2 aromatic rings. The lowest BCUT2D eigenvalue weighted by atomic mass is 10.1. The smallest absolute Gasteiger partial charge is 0.255 e. The van der Waals surface area contributed by atoms with Gasteiger partial charge in [0.25, 0.3) is 5.91 Å². The number of carbonyl (C=O) groups excluding carboxylic acids is 2. The lowest BCUT2D eigenvalue weighted by molar-refractivity contribution is 0.0998. The normalized spacial score (nSPS) is 13.0. The van der Waals surface area contributed by atoms with Gasteiger partial charge in [0.2, 0.25) is 5.91 Å². The highest BCUT2D eigenvalue weighted by atomic mass is 16.5. The number of nitrogens with one attached hydrogen (secondary N) is 1. The zero-order chi connectivity index (χ0) is 16.2. The average molecular weight is 312 g/mol. The number of carbonyl (C=O) groups is 2. The van der Waals surface area contributed by atoms with Crippen LogP contribution in [0.5, 0.6) is 11.5 Å². The van der Waals surface area contributed by atoms with Gasteiger partial charge in [-0.05, 0) is 42.5 Å². The molecule has 0 aromatic heterocycles. The summed E-state index contributed by atoms with van der Waals surface area (Å²) in [5.41, 5.74) is 6.61. The van der Waals surface area contributed by atoms with Crippen molar-refractivity contribution in [1.82, 2.24) is 0 Å². The van der Waals surface area contributed by atoms with E-state index in [2.05, 4.69) is 5.32 Å². The molecule has 0 fully saturated rings. The zero-order valence-corrected chi connectivity index (χ0v) is 12.4. The minimum absolute atomic E-state index is 0.271. The summed E-state index contributed by atoms with van der Waals surface area (Å²) >= 11 is 0. The number of nitrogens with two attached hydrogens (primary N) is 1. The summed E-state index contributed by atoms with van der Waals surface area (Å²) in [6.45, 7) is 1.16. The summed E-state index contributed by atoms with van der Waals surface area (Å²) in [5.74, 6) is 0.433. The van der Waals surface area contributed by atoms with E-state index in [1.54, 1.807) is 42.5 Å². The van der Waals surface area contributed by atoms with Crippen LogP contribution in [0.2, 0.25) is 0 Å². The van der Waals surface area contributed by atoms with Crippen LogP contribution in [-0.4, -0.2) is 25.0 Å². The molecule has 0 unspecified atom stereocenters. The van der Waals surface area contributed by atoms with Crippen LogP contribution in [0, 0.1) is 0 Å². The Balaban J connectivity index is 1.75. The number of anilines is 1. The van der Waals surface area contributed by atoms with Gasteiger partial charge in [0.15, 0.2) is 11.5 Å². The van der Waals surface area contributed by atoms with Gasteiger partial charge in [0.05, 0.1) is 13.2 Å². The SMILES string of the molecule is NC(=O)c1ccc(NC(=O)c2ccc3c(c2)OCCCO3)cc1. The van der Waals surface area contributed by atoms with Crippen molar-refractivity contribution in [3.8, 4) is 11.5 Å². The molecule has 0 bridgehead atoms. The monoisotopic (exact) mass is 312 g/mol. The Hall–Kier alpha value is -3.02. The zero-order valence-electron chi connectivity index (χ0n) is 12.4. The molecular weight excluding hydrogens is 296 g/mol. The molecule has 0 spiro atoms. The van der Waals surface area contributed by atoms with Gasteiger partial charge in [-0.25, -0.2) is 0 Å². The van der Waals surface area contributed by atoms with Crippen LogP contribution in [0.25, 0.3) is 0 Å². The molecule has 0 saturated carbocycles. The van der Waals surface area contributed by atoms with Crippen LogP contribution in [0.1, 0.15) is 27.1 Å². The highest BCUT2D eigenvalue weighted by Gasteiger charge is 2.14. The predicted octanol–water partition coefficient (Wildman–Crippen LogP) is 2.20. The summed E-state index contributed by atoms with van der Waals surface area (Å²) in [5, 5.41) is 2.76. The van der Waals surface area contributed by atoms with Crippen molar-refractivity contribution >= 4 is 17.5 Å². The Morgan fingerprint density at radius 1 is 0.913 bits per heavy atom. The van der Waals surface area contributed by atoms with Crippen LogP contribution in [0.4, 0.5) is 5.69 Å². The van der Waals surface area contributed by atoms with E-state index < -0.39 is 5.91 Å². The molecule has 0 atom stereocenters. The molecule has 23 heavy (non-hydrogen) atoms. The molecule has 0 aliphatic carbocycles. The first kappa shape index (κ1) is 14.9. The van der Waals surface area contributed by atoms with E-state index in [1.165, 1.54) is 0 Å². The average Bonchev–Trinajstić information content (AvgIpc) is 2.79. The molecule has 6 heteroatoms. The van der Waals surface area contributed by atoms with Crippen molar-refractivity contribution in [2.24, 2.45) is 5.73 Å². The molecule has 3 N–H and O–H groups in total. The Labute approximate surface area is 133 Å². The van der Waals surface area contributed by atoms with E-state index in [1.807, 2.05) is 0 Å². The number of fused-ring (bicyclic) bond motifs is 1. The standard InChI is InChI=1S/C17H16N2O4/c18-16(20)11-2-5-13(6-3-11)19-17(21)12-4-7-14-15(10-12)23-9-1-8-22-14/h2-7,10H,1,8-9H2,(H2,18,20)(H,19,21). The van der Waals surface area contributed by atoms with Crippen molar-refractivity contribution in [3.05, 3.63) is 53.6 Å². The van der Waals surface area contributed by atoms with Gasteiger partial charge in [-0.1, -0.05) is 0 Å². The summed E-state index contributed by atoms with van der Waals surface area (Å²) in [6, 6.07) is 11.4. The van der Waals surface area contributed by atoms with E-state index in [-0.39, 0.29) is 5.91 Å². The van der Waals surface area contributed by atoms with Gasteiger partial charge in [0, 0.05) is 23.2 Å². The maximum absolute atomic E-state index is 12.3.